The Labute approximate surface area is 151 Å². The molecule has 1 aromatic carbocycles. The first-order valence-corrected chi connectivity index (χ1v) is 10.0. The van der Waals surface area contributed by atoms with Crippen LogP contribution in [-0.2, 0) is 11.3 Å². The third kappa shape index (κ3) is 3.61. The molecule has 1 saturated heterocycles. The van der Waals surface area contributed by atoms with Crippen LogP contribution in [0.1, 0.15) is 44.1 Å². The Kier molecular flexibility index (Phi) is 5.09. The number of hydrogen-bond acceptors (Lipinski definition) is 3. The molecule has 25 heavy (non-hydrogen) atoms. The Bertz CT molecular complexity index is 588. The molecule has 3 aliphatic rings. The van der Waals surface area contributed by atoms with Crippen LogP contribution in [0.5, 0.6) is 0 Å². The average Bonchev–Trinajstić information content (AvgIpc) is 3.23. The minimum atomic E-state index is 0.0601. The predicted molar refractivity (Wildman–Crippen MR) is 99.8 cm³/mol. The quantitative estimate of drug-likeness (QED) is 0.865. The van der Waals surface area contributed by atoms with Crippen LogP contribution in [0, 0.1) is 17.8 Å². The fourth-order valence-corrected chi connectivity index (χ4v) is 5.38. The summed E-state index contributed by atoms with van der Waals surface area (Å²) in [6.45, 7) is 2.88. The van der Waals surface area contributed by atoms with Crippen LogP contribution in [0.25, 0.3) is 0 Å². The summed E-state index contributed by atoms with van der Waals surface area (Å²) in [7, 11) is 0. The lowest BCUT2D eigenvalue weighted by Gasteiger charge is -2.36. The van der Waals surface area contributed by atoms with Crippen molar-refractivity contribution in [3.05, 3.63) is 35.9 Å². The maximum atomic E-state index is 12.7. The van der Waals surface area contributed by atoms with Crippen molar-refractivity contribution < 1.29 is 4.79 Å². The molecule has 0 aromatic heterocycles. The van der Waals surface area contributed by atoms with E-state index in [4.69, 9.17) is 5.73 Å². The molecule has 5 atom stereocenters. The molecule has 0 spiro atoms. The molecular formula is C21H31N3O. The van der Waals surface area contributed by atoms with Gasteiger partial charge in [-0.05, 0) is 56.0 Å². The van der Waals surface area contributed by atoms with E-state index < -0.39 is 0 Å². The fraction of sp³-hybridized carbons (Fsp3) is 0.667. The predicted octanol–water partition coefficient (Wildman–Crippen LogP) is 2.53. The van der Waals surface area contributed by atoms with Crippen LogP contribution in [-0.4, -0.2) is 36.0 Å². The molecule has 1 amide bonds. The van der Waals surface area contributed by atoms with Crippen molar-refractivity contribution in [3.63, 3.8) is 0 Å². The number of nitrogens with one attached hydrogen (secondary N) is 1. The Morgan fingerprint density at radius 2 is 1.92 bits per heavy atom. The third-order valence-corrected chi connectivity index (χ3v) is 6.77. The highest BCUT2D eigenvalue weighted by molar-refractivity contribution is 5.80. The van der Waals surface area contributed by atoms with Gasteiger partial charge < -0.3 is 11.1 Å². The lowest BCUT2D eigenvalue weighted by Crippen LogP contribution is -2.50. The Morgan fingerprint density at radius 3 is 2.68 bits per heavy atom. The van der Waals surface area contributed by atoms with E-state index in [1.54, 1.807) is 0 Å². The second kappa shape index (κ2) is 7.46. The van der Waals surface area contributed by atoms with Crippen molar-refractivity contribution >= 4 is 5.91 Å². The second-order valence-corrected chi connectivity index (χ2v) is 8.29. The molecule has 4 nitrogen and oxygen atoms in total. The summed E-state index contributed by atoms with van der Waals surface area (Å²) in [5.74, 6) is 1.40. The lowest BCUT2D eigenvalue weighted by molar-refractivity contribution is -0.127. The highest BCUT2D eigenvalue weighted by Gasteiger charge is 2.49. The zero-order valence-corrected chi connectivity index (χ0v) is 15.1. The van der Waals surface area contributed by atoms with Crippen LogP contribution in [0.15, 0.2) is 30.3 Å². The number of rotatable bonds is 5. The molecule has 2 saturated carbocycles. The SMILES string of the molecule is NC1C2CCC(C2)C1C(=O)NCC1CCCCN1Cc1ccccc1. The van der Waals surface area contributed by atoms with E-state index in [1.807, 2.05) is 0 Å². The van der Waals surface area contributed by atoms with E-state index in [0.29, 0.717) is 17.9 Å². The summed E-state index contributed by atoms with van der Waals surface area (Å²) < 4.78 is 0. The second-order valence-electron chi connectivity index (χ2n) is 8.29. The van der Waals surface area contributed by atoms with E-state index in [-0.39, 0.29) is 17.9 Å². The monoisotopic (exact) mass is 341 g/mol. The fourth-order valence-electron chi connectivity index (χ4n) is 5.38. The van der Waals surface area contributed by atoms with Gasteiger partial charge in [0.1, 0.15) is 0 Å². The summed E-state index contributed by atoms with van der Waals surface area (Å²) >= 11 is 0. The summed E-state index contributed by atoms with van der Waals surface area (Å²) in [6, 6.07) is 11.2. The van der Waals surface area contributed by atoms with Gasteiger partial charge in [0.2, 0.25) is 5.91 Å². The average molecular weight is 341 g/mol. The Balaban J connectivity index is 1.33. The molecule has 1 heterocycles. The molecule has 2 aliphatic carbocycles. The molecule has 2 bridgehead atoms. The number of carbonyl (C=O) groups excluding carboxylic acids is 1. The lowest BCUT2D eigenvalue weighted by atomic mass is 9.84. The van der Waals surface area contributed by atoms with Gasteiger partial charge in [-0.1, -0.05) is 36.8 Å². The van der Waals surface area contributed by atoms with Gasteiger partial charge in [0.25, 0.3) is 0 Å². The number of benzene rings is 1. The minimum absolute atomic E-state index is 0.0601. The first kappa shape index (κ1) is 17.0. The summed E-state index contributed by atoms with van der Waals surface area (Å²) in [5, 5.41) is 3.26. The largest absolute Gasteiger partial charge is 0.354 e. The van der Waals surface area contributed by atoms with Crippen molar-refractivity contribution in [1.29, 1.82) is 0 Å². The maximum absolute atomic E-state index is 12.7. The standard InChI is InChI=1S/C21H31N3O/c22-20-17-10-9-16(12-17)19(20)21(25)23-13-18-8-4-5-11-24(18)14-15-6-2-1-3-7-15/h1-3,6-7,16-20H,4-5,8-14,22H2,(H,23,25). The Morgan fingerprint density at radius 1 is 1.12 bits per heavy atom. The smallest absolute Gasteiger partial charge is 0.225 e. The van der Waals surface area contributed by atoms with Gasteiger partial charge >= 0.3 is 0 Å². The minimum Gasteiger partial charge on any atom is -0.354 e. The number of hydrogen-bond donors (Lipinski definition) is 2. The Hall–Kier alpha value is -1.39. The van der Waals surface area contributed by atoms with E-state index in [1.165, 1.54) is 44.1 Å². The normalized spacial score (nSPS) is 35.0. The topological polar surface area (TPSA) is 58.4 Å². The number of amides is 1. The molecule has 5 unspecified atom stereocenters. The van der Waals surface area contributed by atoms with Gasteiger partial charge in [0, 0.05) is 25.2 Å². The first-order chi connectivity index (χ1) is 12.2. The molecule has 3 fully saturated rings. The van der Waals surface area contributed by atoms with Crippen molar-refractivity contribution in [2.24, 2.45) is 23.5 Å². The van der Waals surface area contributed by atoms with Crippen molar-refractivity contribution in [2.45, 2.75) is 57.2 Å². The number of piperidine rings is 1. The number of likely N-dealkylation sites (tertiary alicyclic amines) is 1. The van der Waals surface area contributed by atoms with Crippen LogP contribution < -0.4 is 11.1 Å². The van der Waals surface area contributed by atoms with Gasteiger partial charge in [-0.3, -0.25) is 9.69 Å². The van der Waals surface area contributed by atoms with Gasteiger partial charge in [-0.15, -0.1) is 0 Å². The van der Waals surface area contributed by atoms with Gasteiger partial charge in [0.05, 0.1) is 5.92 Å². The molecule has 136 valence electrons. The number of nitrogens with zero attached hydrogens (tertiary/aromatic N) is 1. The van der Waals surface area contributed by atoms with Crippen LogP contribution in [0.2, 0.25) is 0 Å². The van der Waals surface area contributed by atoms with E-state index in [2.05, 4.69) is 40.5 Å². The highest BCUT2D eigenvalue weighted by Crippen LogP contribution is 2.47. The number of nitrogens with two attached hydrogens (primary N) is 1. The van der Waals surface area contributed by atoms with Crippen molar-refractivity contribution in [2.75, 3.05) is 13.1 Å². The number of carbonyl (C=O) groups is 1. The molecule has 4 rings (SSSR count). The van der Waals surface area contributed by atoms with Crippen molar-refractivity contribution in [3.8, 4) is 0 Å². The van der Waals surface area contributed by atoms with Crippen LogP contribution in [0.3, 0.4) is 0 Å². The van der Waals surface area contributed by atoms with Gasteiger partial charge in [-0.25, -0.2) is 0 Å². The highest BCUT2D eigenvalue weighted by atomic mass is 16.2. The van der Waals surface area contributed by atoms with Crippen LogP contribution >= 0.6 is 0 Å². The maximum Gasteiger partial charge on any atom is 0.225 e. The first-order valence-electron chi connectivity index (χ1n) is 10.0. The molecule has 1 aliphatic heterocycles. The van der Waals surface area contributed by atoms with Crippen LogP contribution in [0.4, 0.5) is 0 Å². The molecular weight excluding hydrogens is 310 g/mol. The zero-order valence-electron chi connectivity index (χ0n) is 15.1. The van der Waals surface area contributed by atoms with Gasteiger partial charge in [0.15, 0.2) is 0 Å². The number of fused-ring (bicyclic) bond motifs is 2. The molecule has 4 heteroatoms. The molecule has 3 N–H and O–H groups in total. The summed E-state index contributed by atoms with van der Waals surface area (Å²) in [6.07, 6.45) is 7.29. The summed E-state index contributed by atoms with van der Waals surface area (Å²) in [4.78, 5) is 15.3. The van der Waals surface area contributed by atoms with Crippen molar-refractivity contribution in [1.82, 2.24) is 10.2 Å². The molecule has 0 radical (unpaired) electrons. The van der Waals surface area contributed by atoms with Gasteiger partial charge in [-0.2, -0.15) is 0 Å². The van der Waals surface area contributed by atoms with E-state index in [9.17, 15) is 4.79 Å². The summed E-state index contributed by atoms with van der Waals surface area (Å²) in [5.41, 5.74) is 7.69. The zero-order chi connectivity index (χ0) is 17.2. The van der Waals surface area contributed by atoms with E-state index in [0.717, 1.165) is 19.6 Å². The third-order valence-electron chi connectivity index (χ3n) is 6.77. The van der Waals surface area contributed by atoms with E-state index >= 15 is 0 Å². The molecule has 1 aromatic rings.